The maximum atomic E-state index is 13.6. The Morgan fingerprint density at radius 1 is 0.923 bits per heavy atom. The molecule has 0 spiro atoms. The summed E-state index contributed by atoms with van der Waals surface area (Å²) < 4.78 is 13.8. The summed E-state index contributed by atoms with van der Waals surface area (Å²) in [5.74, 6) is 2.55. The first-order chi connectivity index (χ1) is 31.1. The quantitative estimate of drug-likeness (QED) is 0.0848. The zero-order valence-corrected chi connectivity index (χ0v) is 37.8. The van der Waals surface area contributed by atoms with E-state index >= 15 is 0 Å². The van der Waals surface area contributed by atoms with E-state index in [1.165, 1.54) is 4.90 Å². The fourth-order valence-corrected chi connectivity index (χ4v) is 7.58. The molecular formula is C48H50N10O6S. The number of H-pyrrole nitrogens is 1. The molecule has 1 fully saturated rings. The molecule has 0 unspecified atom stereocenters. The number of nitrogen functional groups attached to an aromatic ring is 1. The number of rotatable bonds is 12. The van der Waals surface area contributed by atoms with Gasteiger partial charge in [0.1, 0.15) is 22.9 Å². The number of imidazole rings is 1. The summed E-state index contributed by atoms with van der Waals surface area (Å²) in [5.41, 5.74) is 14.7. The number of nitrogens with one attached hydrogen (secondary N) is 3. The standard InChI is InChI=1S/C45H47N9O4.C3H3NO2S/c1-7-10-40-48-41-28(2)23-32(24-39(41)54(40)27-30-13-17-31(18-14-30)35-11-8-9-12-36(35)42-49-51-52-50-42)43(55)47-26-29-15-19-33(20-16-29)57-34-21-22-37(46)38(25-34)53(6)44(56)58-45(3,4)5;5-2-1-7-3(6)4-2/h8-9,11-25H,7,10,26-27,46H2,1-6H3,(H,47,55)(H,49,50,51,52);1H2,(H,4,5,6). The molecule has 65 heavy (non-hydrogen) atoms. The van der Waals surface area contributed by atoms with Gasteiger partial charge in [-0.15, -0.1) is 10.2 Å². The number of aromatic amines is 1. The lowest BCUT2D eigenvalue weighted by molar-refractivity contribution is -0.117. The molecule has 5 aromatic carbocycles. The lowest BCUT2D eigenvalue weighted by atomic mass is 9.98. The molecule has 17 heteroatoms. The van der Waals surface area contributed by atoms with E-state index in [-0.39, 0.29) is 17.1 Å². The maximum Gasteiger partial charge on any atom is 0.414 e. The van der Waals surface area contributed by atoms with Crippen molar-refractivity contribution in [2.75, 3.05) is 23.4 Å². The number of tetrazole rings is 1. The van der Waals surface area contributed by atoms with Crippen LogP contribution in [0, 0.1) is 6.92 Å². The van der Waals surface area contributed by atoms with Crippen LogP contribution in [0.25, 0.3) is 33.5 Å². The molecule has 7 aromatic rings. The fourth-order valence-electron chi connectivity index (χ4n) is 7.06. The van der Waals surface area contributed by atoms with Crippen LogP contribution >= 0.6 is 11.8 Å². The molecule has 4 amide bonds. The van der Waals surface area contributed by atoms with Crippen LogP contribution in [0.3, 0.4) is 0 Å². The summed E-state index contributed by atoms with van der Waals surface area (Å²) in [4.78, 5) is 52.9. The van der Waals surface area contributed by atoms with Gasteiger partial charge in [0.15, 0.2) is 0 Å². The van der Waals surface area contributed by atoms with E-state index < -0.39 is 11.7 Å². The fraction of sp³-hybridized carbons (Fsp3) is 0.250. The number of nitrogens with two attached hydrogens (primary N) is 1. The monoisotopic (exact) mass is 894 g/mol. The van der Waals surface area contributed by atoms with Crippen LogP contribution in [0.5, 0.6) is 11.5 Å². The molecule has 1 aliphatic heterocycles. The number of aryl methyl sites for hydroxylation is 2. The molecule has 0 aliphatic carbocycles. The zero-order chi connectivity index (χ0) is 46.3. The SMILES string of the molecule is CCCc1nc2c(C)cc(C(=O)NCc3ccc(Oc4ccc(N)c(N(C)C(=O)OC(C)(C)C)c4)cc3)cc2n1Cc1ccc(-c2ccccc2-c2nn[nH]n2)cc1.O=C1CSC(=O)N1. The number of aromatic nitrogens is 6. The predicted molar refractivity (Wildman–Crippen MR) is 252 cm³/mol. The van der Waals surface area contributed by atoms with Crippen molar-refractivity contribution < 1.29 is 28.7 Å². The van der Waals surface area contributed by atoms with Gasteiger partial charge in [0.25, 0.3) is 11.1 Å². The molecular weight excluding hydrogens is 845 g/mol. The summed E-state index contributed by atoms with van der Waals surface area (Å²) in [7, 11) is 1.60. The van der Waals surface area contributed by atoms with Crippen molar-refractivity contribution in [1.29, 1.82) is 0 Å². The second-order valence-corrected chi connectivity index (χ2v) is 17.3. The number of amides is 4. The average Bonchev–Trinajstić information content (AvgIpc) is 4.05. The first-order valence-corrected chi connectivity index (χ1v) is 21.9. The molecule has 16 nitrogen and oxygen atoms in total. The highest BCUT2D eigenvalue weighted by molar-refractivity contribution is 8.14. The van der Waals surface area contributed by atoms with Crippen LogP contribution in [0.2, 0.25) is 0 Å². The number of carbonyl (C=O) groups is 4. The third-order valence-electron chi connectivity index (χ3n) is 10.2. The van der Waals surface area contributed by atoms with Gasteiger partial charge in [0.2, 0.25) is 11.7 Å². The minimum Gasteiger partial charge on any atom is -0.457 e. The minimum absolute atomic E-state index is 0.178. The van der Waals surface area contributed by atoms with E-state index in [1.54, 1.807) is 46.0 Å². The Morgan fingerprint density at radius 2 is 1.63 bits per heavy atom. The zero-order valence-electron chi connectivity index (χ0n) is 37.0. The second-order valence-electron chi connectivity index (χ2n) is 16.3. The van der Waals surface area contributed by atoms with E-state index in [2.05, 4.69) is 73.1 Å². The Bertz CT molecular complexity index is 2820. The van der Waals surface area contributed by atoms with Crippen molar-refractivity contribution >= 4 is 57.3 Å². The van der Waals surface area contributed by atoms with E-state index in [0.29, 0.717) is 53.1 Å². The molecule has 3 heterocycles. The molecule has 334 valence electrons. The van der Waals surface area contributed by atoms with Crippen LogP contribution in [0.4, 0.5) is 21.0 Å². The van der Waals surface area contributed by atoms with E-state index in [9.17, 15) is 19.2 Å². The predicted octanol–water partition coefficient (Wildman–Crippen LogP) is 8.84. The number of carbonyl (C=O) groups excluding carboxylic acids is 4. The highest BCUT2D eigenvalue weighted by atomic mass is 32.2. The highest BCUT2D eigenvalue weighted by Gasteiger charge is 2.23. The van der Waals surface area contributed by atoms with E-state index in [1.807, 2.05) is 61.5 Å². The largest absolute Gasteiger partial charge is 0.457 e. The second kappa shape index (κ2) is 19.9. The third kappa shape index (κ3) is 11.4. The van der Waals surface area contributed by atoms with Gasteiger partial charge in [-0.25, -0.2) is 9.78 Å². The van der Waals surface area contributed by atoms with Gasteiger partial charge in [-0.1, -0.05) is 79.3 Å². The van der Waals surface area contributed by atoms with Crippen molar-refractivity contribution in [2.45, 2.75) is 66.2 Å². The topological polar surface area (TPSA) is 212 Å². The van der Waals surface area contributed by atoms with Crippen molar-refractivity contribution in [3.63, 3.8) is 0 Å². The lowest BCUT2D eigenvalue weighted by Crippen LogP contribution is -2.34. The van der Waals surface area contributed by atoms with E-state index in [4.69, 9.17) is 20.2 Å². The summed E-state index contributed by atoms with van der Waals surface area (Å²) in [6, 6.07) is 32.9. The van der Waals surface area contributed by atoms with Crippen molar-refractivity contribution in [3.8, 4) is 34.0 Å². The smallest absolute Gasteiger partial charge is 0.414 e. The molecule has 8 rings (SSSR count). The summed E-state index contributed by atoms with van der Waals surface area (Å²) in [6.45, 7) is 10.5. The highest BCUT2D eigenvalue weighted by Crippen LogP contribution is 2.33. The third-order valence-corrected chi connectivity index (χ3v) is 11.0. The lowest BCUT2D eigenvalue weighted by Gasteiger charge is -2.25. The maximum absolute atomic E-state index is 13.6. The van der Waals surface area contributed by atoms with Gasteiger partial charge in [0.05, 0.1) is 28.2 Å². The molecule has 0 bridgehead atoms. The van der Waals surface area contributed by atoms with Crippen molar-refractivity contribution in [3.05, 3.63) is 131 Å². The number of hydrogen-bond donors (Lipinski definition) is 4. The first kappa shape index (κ1) is 45.5. The van der Waals surface area contributed by atoms with Crippen LogP contribution in [-0.4, -0.2) is 71.7 Å². The Balaban J connectivity index is 0.000000822. The van der Waals surface area contributed by atoms with Crippen molar-refractivity contribution in [1.82, 2.24) is 40.8 Å². The number of anilines is 2. The molecule has 0 saturated carbocycles. The Labute approximate surface area is 380 Å². The number of nitrogens with zero attached hydrogens (tertiary/aromatic N) is 6. The van der Waals surface area contributed by atoms with Crippen LogP contribution in [0.1, 0.15) is 67.0 Å². The number of fused-ring (bicyclic) bond motifs is 1. The number of benzene rings is 5. The number of hydrogen-bond acceptors (Lipinski definition) is 12. The van der Waals surface area contributed by atoms with E-state index in [0.717, 1.165) is 74.8 Å². The molecule has 0 atom stereocenters. The molecule has 5 N–H and O–H groups in total. The van der Waals surface area contributed by atoms with Crippen LogP contribution in [0.15, 0.2) is 103 Å². The van der Waals surface area contributed by atoms with Gasteiger partial charge in [0, 0.05) is 43.8 Å². The van der Waals surface area contributed by atoms with Gasteiger partial charge < -0.3 is 25.1 Å². The Kier molecular flexibility index (Phi) is 13.9. The van der Waals surface area contributed by atoms with Gasteiger partial charge in [-0.2, -0.15) is 5.21 Å². The number of thioether (sulfide) groups is 1. The number of imide groups is 1. The number of ether oxygens (including phenoxy) is 2. The average molecular weight is 895 g/mol. The van der Waals surface area contributed by atoms with Gasteiger partial charge in [-0.3, -0.25) is 24.6 Å². The Morgan fingerprint density at radius 3 is 2.26 bits per heavy atom. The van der Waals surface area contributed by atoms with Crippen LogP contribution in [-0.2, 0) is 29.0 Å². The summed E-state index contributed by atoms with van der Waals surface area (Å²) in [5, 5.41) is 19.6. The first-order valence-electron chi connectivity index (χ1n) is 21.0. The minimum atomic E-state index is -0.646. The van der Waals surface area contributed by atoms with Crippen LogP contribution < -0.4 is 26.0 Å². The van der Waals surface area contributed by atoms with Gasteiger partial charge in [-0.05, 0) is 104 Å². The van der Waals surface area contributed by atoms with Gasteiger partial charge >= 0.3 is 6.09 Å². The molecule has 1 saturated heterocycles. The molecule has 1 aliphatic rings. The molecule has 0 radical (unpaired) electrons. The normalized spacial score (nSPS) is 12.3. The Hall–Kier alpha value is -7.53. The summed E-state index contributed by atoms with van der Waals surface area (Å²) >= 11 is 1.01. The molecule has 2 aromatic heterocycles. The van der Waals surface area contributed by atoms with Crippen molar-refractivity contribution in [2.24, 2.45) is 0 Å². The summed E-state index contributed by atoms with van der Waals surface area (Å²) in [6.07, 6.45) is 1.24.